The highest BCUT2D eigenvalue weighted by Gasteiger charge is 2.21. The first-order chi connectivity index (χ1) is 8.27. The molecule has 94 valence electrons. The van der Waals surface area contributed by atoms with E-state index in [-0.39, 0.29) is 12.6 Å². The quantitative estimate of drug-likeness (QED) is 0.867. The molecule has 1 fully saturated rings. The average Bonchev–Trinajstić information content (AvgIpc) is 2.38. The lowest BCUT2D eigenvalue weighted by atomic mass is 10.0. The van der Waals surface area contributed by atoms with Gasteiger partial charge in [-0.05, 0) is 31.5 Å². The van der Waals surface area contributed by atoms with Crippen molar-refractivity contribution in [2.45, 2.75) is 31.4 Å². The van der Waals surface area contributed by atoms with Crippen LogP contribution >= 0.6 is 11.6 Å². The van der Waals surface area contributed by atoms with Crippen LogP contribution in [-0.4, -0.2) is 30.4 Å². The molecule has 1 aliphatic rings. The summed E-state index contributed by atoms with van der Waals surface area (Å²) in [5.41, 5.74) is 0. The molecule has 0 saturated carbocycles. The molecule has 0 radical (unpaired) electrons. The van der Waals surface area contributed by atoms with Crippen molar-refractivity contribution in [2.75, 3.05) is 13.2 Å². The van der Waals surface area contributed by atoms with Crippen molar-refractivity contribution in [1.29, 1.82) is 0 Å². The third-order valence-electron chi connectivity index (χ3n) is 3.06. The number of aliphatic hydroxyl groups excluding tert-OH is 1. The minimum atomic E-state index is -0.480. The highest BCUT2D eigenvalue weighted by atomic mass is 35.5. The van der Waals surface area contributed by atoms with Gasteiger partial charge in [0.25, 0.3) is 0 Å². The lowest BCUT2D eigenvalue weighted by Crippen LogP contribution is -2.45. The second-order valence-corrected chi connectivity index (χ2v) is 4.77. The number of hydrogen-bond acceptors (Lipinski definition) is 3. The van der Waals surface area contributed by atoms with Crippen LogP contribution in [0.15, 0.2) is 24.3 Å². The standard InChI is InChI=1S/C13H18ClNO2/c14-10-5-1-2-7-13(10)17-9-12(16)11-6-3-4-8-15-11/h1-2,5,7,11-12,15-16H,3-4,6,8-9H2. The number of para-hydroxylation sites is 1. The van der Waals surface area contributed by atoms with Crippen LogP contribution in [0.5, 0.6) is 5.75 Å². The van der Waals surface area contributed by atoms with Gasteiger partial charge in [0.2, 0.25) is 0 Å². The fraction of sp³-hybridized carbons (Fsp3) is 0.538. The summed E-state index contributed by atoms with van der Waals surface area (Å²) in [7, 11) is 0. The topological polar surface area (TPSA) is 41.5 Å². The second kappa shape index (κ2) is 6.24. The molecule has 1 heterocycles. The Morgan fingerprint density at radius 2 is 2.24 bits per heavy atom. The summed E-state index contributed by atoms with van der Waals surface area (Å²) in [4.78, 5) is 0. The van der Waals surface area contributed by atoms with Gasteiger partial charge in [-0.3, -0.25) is 0 Å². The van der Waals surface area contributed by atoms with E-state index in [1.807, 2.05) is 18.2 Å². The van der Waals surface area contributed by atoms with E-state index in [0.717, 1.165) is 13.0 Å². The zero-order chi connectivity index (χ0) is 12.1. The Morgan fingerprint density at radius 3 is 2.94 bits per heavy atom. The average molecular weight is 256 g/mol. The van der Waals surface area contributed by atoms with Crippen LogP contribution in [0.2, 0.25) is 5.02 Å². The minimum Gasteiger partial charge on any atom is -0.489 e. The first-order valence-corrected chi connectivity index (χ1v) is 6.44. The molecule has 3 nitrogen and oxygen atoms in total. The fourth-order valence-electron chi connectivity index (χ4n) is 2.06. The van der Waals surface area contributed by atoms with Crippen molar-refractivity contribution in [3.63, 3.8) is 0 Å². The van der Waals surface area contributed by atoms with Crippen molar-refractivity contribution < 1.29 is 9.84 Å². The van der Waals surface area contributed by atoms with Crippen molar-refractivity contribution in [1.82, 2.24) is 5.32 Å². The molecule has 1 saturated heterocycles. The minimum absolute atomic E-state index is 0.145. The third-order valence-corrected chi connectivity index (χ3v) is 3.37. The van der Waals surface area contributed by atoms with Crippen LogP contribution in [0.3, 0.4) is 0 Å². The van der Waals surface area contributed by atoms with Crippen molar-refractivity contribution in [2.24, 2.45) is 0 Å². The van der Waals surface area contributed by atoms with Gasteiger partial charge in [-0.25, -0.2) is 0 Å². The van der Waals surface area contributed by atoms with Crippen LogP contribution < -0.4 is 10.1 Å². The molecule has 1 aliphatic heterocycles. The molecule has 1 aromatic carbocycles. The molecule has 0 spiro atoms. The maximum Gasteiger partial charge on any atom is 0.138 e. The summed E-state index contributed by atoms with van der Waals surface area (Å²) < 4.78 is 5.53. The summed E-state index contributed by atoms with van der Waals surface area (Å²) >= 11 is 5.97. The van der Waals surface area contributed by atoms with Gasteiger partial charge in [-0.1, -0.05) is 30.2 Å². The maximum atomic E-state index is 10.00. The van der Waals surface area contributed by atoms with E-state index in [9.17, 15) is 5.11 Å². The number of hydrogen-bond donors (Lipinski definition) is 2. The molecule has 2 rings (SSSR count). The first-order valence-electron chi connectivity index (χ1n) is 6.06. The number of aliphatic hydroxyl groups is 1. The smallest absolute Gasteiger partial charge is 0.138 e. The molecule has 4 heteroatoms. The van der Waals surface area contributed by atoms with Gasteiger partial charge < -0.3 is 15.2 Å². The van der Waals surface area contributed by atoms with Crippen molar-refractivity contribution in [3.05, 3.63) is 29.3 Å². The molecule has 2 atom stereocenters. The van der Waals surface area contributed by atoms with Crippen molar-refractivity contribution >= 4 is 11.6 Å². The Bertz CT molecular complexity index is 353. The van der Waals surface area contributed by atoms with Crippen LogP contribution in [0.1, 0.15) is 19.3 Å². The summed E-state index contributed by atoms with van der Waals surface area (Å²) in [6.07, 6.45) is 2.88. The van der Waals surface area contributed by atoms with Crippen LogP contribution in [0.25, 0.3) is 0 Å². The molecular formula is C13H18ClNO2. The molecule has 1 aromatic rings. The molecule has 0 amide bonds. The zero-order valence-electron chi connectivity index (χ0n) is 9.73. The van der Waals surface area contributed by atoms with Gasteiger partial charge in [-0.2, -0.15) is 0 Å². The SMILES string of the molecule is OC(COc1ccccc1Cl)C1CCCCN1. The van der Waals surface area contributed by atoms with Gasteiger partial charge in [0, 0.05) is 6.04 Å². The predicted molar refractivity (Wildman–Crippen MR) is 68.6 cm³/mol. The molecular weight excluding hydrogens is 238 g/mol. The fourth-order valence-corrected chi connectivity index (χ4v) is 2.25. The Kier molecular flexibility index (Phi) is 4.66. The molecule has 0 aliphatic carbocycles. The van der Waals surface area contributed by atoms with Gasteiger partial charge in [-0.15, -0.1) is 0 Å². The summed E-state index contributed by atoms with van der Waals surface area (Å²) in [5, 5.41) is 13.9. The second-order valence-electron chi connectivity index (χ2n) is 4.37. The largest absolute Gasteiger partial charge is 0.489 e. The number of piperidine rings is 1. The highest BCUT2D eigenvalue weighted by Crippen LogP contribution is 2.23. The van der Waals surface area contributed by atoms with Crippen LogP contribution in [-0.2, 0) is 0 Å². The maximum absolute atomic E-state index is 10.00. The Morgan fingerprint density at radius 1 is 1.41 bits per heavy atom. The zero-order valence-corrected chi connectivity index (χ0v) is 10.5. The first kappa shape index (κ1) is 12.7. The van der Waals surface area contributed by atoms with E-state index in [4.69, 9.17) is 16.3 Å². The number of ether oxygens (including phenoxy) is 1. The van der Waals surface area contributed by atoms with Crippen molar-refractivity contribution in [3.8, 4) is 5.75 Å². The molecule has 0 aromatic heterocycles. The summed E-state index contributed by atoms with van der Waals surface area (Å²) in [6, 6.07) is 7.46. The van der Waals surface area contributed by atoms with E-state index in [0.29, 0.717) is 10.8 Å². The lowest BCUT2D eigenvalue weighted by molar-refractivity contribution is 0.0640. The number of benzene rings is 1. The molecule has 2 N–H and O–H groups in total. The molecule has 0 bridgehead atoms. The Balaban J connectivity index is 1.83. The summed E-state index contributed by atoms with van der Waals surface area (Å²) in [6.45, 7) is 1.26. The highest BCUT2D eigenvalue weighted by molar-refractivity contribution is 6.32. The van der Waals surface area contributed by atoms with Crippen LogP contribution in [0, 0.1) is 0 Å². The predicted octanol–water partition coefficient (Wildman–Crippen LogP) is 2.22. The van der Waals surface area contributed by atoms with E-state index < -0.39 is 6.10 Å². The third kappa shape index (κ3) is 3.60. The van der Waals surface area contributed by atoms with Gasteiger partial charge in [0.15, 0.2) is 0 Å². The van der Waals surface area contributed by atoms with Gasteiger partial charge in [0.1, 0.15) is 18.5 Å². The monoisotopic (exact) mass is 255 g/mol. The summed E-state index contributed by atoms with van der Waals surface area (Å²) in [5.74, 6) is 0.629. The molecule has 17 heavy (non-hydrogen) atoms. The van der Waals surface area contributed by atoms with Crippen LogP contribution in [0.4, 0.5) is 0 Å². The Hall–Kier alpha value is -0.770. The van der Waals surface area contributed by atoms with E-state index in [1.54, 1.807) is 6.07 Å². The Labute approximate surface area is 107 Å². The van der Waals surface area contributed by atoms with E-state index >= 15 is 0 Å². The number of halogens is 1. The van der Waals surface area contributed by atoms with Gasteiger partial charge >= 0.3 is 0 Å². The number of nitrogens with one attached hydrogen (secondary N) is 1. The number of rotatable bonds is 4. The van der Waals surface area contributed by atoms with E-state index in [1.165, 1.54) is 12.8 Å². The van der Waals surface area contributed by atoms with E-state index in [2.05, 4.69) is 5.32 Å². The lowest BCUT2D eigenvalue weighted by Gasteiger charge is -2.27. The molecule has 2 unspecified atom stereocenters. The normalized spacial score (nSPS) is 22.1. The van der Waals surface area contributed by atoms with Gasteiger partial charge in [0.05, 0.1) is 5.02 Å².